The van der Waals surface area contributed by atoms with E-state index in [1.165, 1.54) is 14.2 Å². The van der Waals surface area contributed by atoms with E-state index < -0.39 is 12.0 Å². The van der Waals surface area contributed by atoms with E-state index in [1.54, 1.807) is 18.2 Å². The van der Waals surface area contributed by atoms with Gasteiger partial charge < -0.3 is 9.47 Å². The molecular formula is C13H14ClNO3. The van der Waals surface area contributed by atoms with Crippen molar-refractivity contribution < 1.29 is 14.3 Å². The van der Waals surface area contributed by atoms with E-state index in [9.17, 15) is 4.79 Å². The molecule has 1 aromatic carbocycles. The van der Waals surface area contributed by atoms with Gasteiger partial charge in [0.25, 0.3) is 0 Å². The highest BCUT2D eigenvalue weighted by Gasteiger charge is 2.26. The topological polar surface area (TPSA) is 47.6 Å². The lowest BCUT2D eigenvalue weighted by Gasteiger charge is -2.19. The molecule has 0 aromatic heterocycles. The molecule has 1 unspecified atom stereocenters. The van der Waals surface area contributed by atoms with Crippen LogP contribution in [0.25, 0.3) is 0 Å². The summed E-state index contributed by atoms with van der Waals surface area (Å²) in [5, 5.41) is 3.29. The number of halogens is 1. The van der Waals surface area contributed by atoms with Crippen molar-refractivity contribution in [2.24, 2.45) is 0 Å². The summed E-state index contributed by atoms with van der Waals surface area (Å²) in [7, 11) is 2.81. The number of hydrogen-bond acceptors (Lipinski definition) is 4. The van der Waals surface area contributed by atoms with Crippen LogP contribution >= 0.6 is 11.6 Å². The fourth-order valence-electron chi connectivity index (χ4n) is 1.56. The number of ether oxygens (including phenoxy) is 2. The van der Waals surface area contributed by atoms with Gasteiger partial charge in [-0.2, -0.15) is 0 Å². The van der Waals surface area contributed by atoms with Crippen molar-refractivity contribution in [2.45, 2.75) is 6.04 Å². The van der Waals surface area contributed by atoms with Crippen LogP contribution in [0.3, 0.4) is 0 Å². The van der Waals surface area contributed by atoms with Crippen LogP contribution in [-0.4, -0.2) is 26.7 Å². The summed E-state index contributed by atoms with van der Waals surface area (Å²) in [5.74, 6) is 2.43. The average molecular weight is 268 g/mol. The van der Waals surface area contributed by atoms with E-state index in [1.807, 2.05) is 0 Å². The van der Waals surface area contributed by atoms with Crippen LogP contribution in [0, 0.1) is 12.3 Å². The molecular weight excluding hydrogens is 254 g/mol. The van der Waals surface area contributed by atoms with E-state index >= 15 is 0 Å². The van der Waals surface area contributed by atoms with Crippen molar-refractivity contribution in [1.82, 2.24) is 5.32 Å². The number of carbonyl (C=O) groups excluding carboxylic acids is 1. The van der Waals surface area contributed by atoms with Crippen LogP contribution in [0.2, 0.25) is 5.02 Å². The van der Waals surface area contributed by atoms with Gasteiger partial charge in [-0.1, -0.05) is 23.6 Å². The maximum Gasteiger partial charge on any atom is 0.327 e. The molecule has 96 valence electrons. The second-order valence-electron chi connectivity index (χ2n) is 3.40. The Morgan fingerprint density at radius 2 is 2.28 bits per heavy atom. The molecule has 0 aliphatic heterocycles. The Balaban J connectivity index is 3.19. The Morgan fingerprint density at radius 1 is 1.56 bits per heavy atom. The van der Waals surface area contributed by atoms with Crippen molar-refractivity contribution in [1.29, 1.82) is 0 Å². The molecule has 0 bridgehead atoms. The molecule has 0 aliphatic carbocycles. The third kappa shape index (κ3) is 3.16. The quantitative estimate of drug-likeness (QED) is 0.653. The van der Waals surface area contributed by atoms with Crippen molar-refractivity contribution in [3.8, 4) is 18.1 Å². The zero-order valence-electron chi connectivity index (χ0n) is 10.2. The first-order chi connectivity index (χ1) is 8.65. The Bertz CT molecular complexity index is 468. The largest absolute Gasteiger partial charge is 0.496 e. The van der Waals surface area contributed by atoms with Crippen molar-refractivity contribution in [3.63, 3.8) is 0 Å². The summed E-state index contributed by atoms with van der Waals surface area (Å²) in [6.07, 6.45) is 5.18. The Kier molecular flexibility index (Phi) is 5.50. The van der Waals surface area contributed by atoms with Crippen molar-refractivity contribution in [2.75, 3.05) is 20.8 Å². The zero-order valence-corrected chi connectivity index (χ0v) is 11.0. The molecule has 5 heteroatoms. The molecule has 18 heavy (non-hydrogen) atoms. The predicted octanol–water partition coefficient (Wildman–Crippen LogP) is 1.79. The molecule has 0 saturated carbocycles. The molecule has 1 aromatic rings. The normalized spacial score (nSPS) is 11.4. The molecule has 0 amide bonds. The SMILES string of the molecule is C#CCNC(C(=O)OC)c1c(Cl)cccc1OC. The molecule has 1 atom stereocenters. The van der Waals surface area contributed by atoms with E-state index in [2.05, 4.69) is 11.2 Å². The van der Waals surface area contributed by atoms with Gasteiger partial charge in [0, 0.05) is 10.6 Å². The van der Waals surface area contributed by atoms with Crippen molar-refractivity contribution >= 4 is 17.6 Å². The van der Waals surface area contributed by atoms with Gasteiger partial charge in [-0.15, -0.1) is 6.42 Å². The minimum atomic E-state index is -0.755. The second kappa shape index (κ2) is 6.90. The number of hydrogen-bond donors (Lipinski definition) is 1. The van der Waals surface area contributed by atoms with Gasteiger partial charge in [-0.3, -0.25) is 5.32 Å². The van der Waals surface area contributed by atoms with E-state index in [0.29, 0.717) is 16.3 Å². The maximum absolute atomic E-state index is 11.8. The fourth-order valence-corrected chi connectivity index (χ4v) is 1.83. The van der Waals surface area contributed by atoms with Gasteiger partial charge in [0.1, 0.15) is 11.8 Å². The number of terminal acetylenes is 1. The first-order valence-corrected chi connectivity index (χ1v) is 5.60. The summed E-state index contributed by atoms with van der Waals surface area (Å²) >= 11 is 6.10. The molecule has 0 spiro atoms. The lowest BCUT2D eigenvalue weighted by atomic mass is 10.1. The smallest absolute Gasteiger partial charge is 0.327 e. The van der Waals surface area contributed by atoms with Crippen LogP contribution in [0.1, 0.15) is 11.6 Å². The van der Waals surface area contributed by atoms with Crippen molar-refractivity contribution in [3.05, 3.63) is 28.8 Å². The van der Waals surface area contributed by atoms with Gasteiger partial charge in [0.2, 0.25) is 0 Å². The number of methoxy groups -OCH3 is 2. The minimum absolute atomic E-state index is 0.216. The number of esters is 1. The van der Waals surface area contributed by atoms with Crippen LogP contribution in [-0.2, 0) is 9.53 Å². The van der Waals surface area contributed by atoms with E-state index in [-0.39, 0.29) is 6.54 Å². The molecule has 0 saturated heterocycles. The summed E-state index contributed by atoms with van der Waals surface area (Å²) in [6, 6.07) is 4.37. The second-order valence-corrected chi connectivity index (χ2v) is 3.80. The van der Waals surface area contributed by atoms with Crippen LogP contribution in [0.5, 0.6) is 5.75 Å². The van der Waals surface area contributed by atoms with Gasteiger partial charge in [-0.05, 0) is 12.1 Å². The molecule has 1 rings (SSSR count). The van der Waals surface area contributed by atoms with Gasteiger partial charge in [0.15, 0.2) is 0 Å². The third-order valence-corrected chi connectivity index (χ3v) is 2.70. The number of nitrogens with one attached hydrogen (secondary N) is 1. The number of carbonyl (C=O) groups is 1. The Hall–Kier alpha value is -1.70. The molecule has 1 N–H and O–H groups in total. The zero-order chi connectivity index (χ0) is 13.5. The highest BCUT2D eigenvalue weighted by atomic mass is 35.5. The summed E-state index contributed by atoms with van der Waals surface area (Å²) in [4.78, 5) is 11.8. The first kappa shape index (κ1) is 14.4. The van der Waals surface area contributed by atoms with E-state index in [0.717, 1.165) is 0 Å². The van der Waals surface area contributed by atoms with Crippen LogP contribution in [0.4, 0.5) is 0 Å². The molecule has 0 heterocycles. The summed E-state index contributed by atoms with van der Waals surface area (Å²) in [6.45, 7) is 0.216. The van der Waals surface area contributed by atoms with Crippen LogP contribution < -0.4 is 10.1 Å². The van der Waals surface area contributed by atoms with Gasteiger partial charge in [-0.25, -0.2) is 4.79 Å². The fraction of sp³-hybridized carbons (Fsp3) is 0.308. The highest BCUT2D eigenvalue weighted by Crippen LogP contribution is 2.32. The molecule has 0 fully saturated rings. The summed E-state index contributed by atoms with van der Waals surface area (Å²) < 4.78 is 9.93. The molecule has 4 nitrogen and oxygen atoms in total. The van der Waals surface area contributed by atoms with Gasteiger partial charge in [0.05, 0.1) is 20.8 Å². The molecule has 0 radical (unpaired) electrons. The Labute approximate surface area is 111 Å². The predicted molar refractivity (Wildman–Crippen MR) is 69.6 cm³/mol. The van der Waals surface area contributed by atoms with E-state index in [4.69, 9.17) is 27.5 Å². The lowest BCUT2D eigenvalue weighted by molar-refractivity contribution is -0.143. The highest BCUT2D eigenvalue weighted by molar-refractivity contribution is 6.31. The maximum atomic E-state index is 11.8. The lowest BCUT2D eigenvalue weighted by Crippen LogP contribution is -2.30. The van der Waals surface area contributed by atoms with Gasteiger partial charge >= 0.3 is 5.97 Å². The molecule has 0 aliphatic rings. The first-order valence-electron chi connectivity index (χ1n) is 5.22. The van der Waals surface area contributed by atoms with Crippen LogP contribution in [0.15, 0.2) is 18.2 Å². The monoisotopic (exact) mass is 267 g/mol. The minimum Gasteiger partial charge on any atom is -0.496 e. The summed E-state index contributed by atoms with van der Waals surface area (Å²) in [5.41, 5.74) is 0.517. The Morgan fingerprint density at radius 3 is 2.83 bits per heavy atom. The average Bonchev–Trinajstić information content (AvgIpc) is 2.39. The third-order valence-electron chi connectivity index (χ3n) is 2.37. The number of benzene rings is 1. The standard InChI is InChI=1S/C13H14ClNO3/c1-4-8-15-12(13(16)18-3)11-9(14)6-5-7-10(11)17-2/h1,5-7,12,15H,8H2,2-3H3. The number of rotatable bonds is 5.